The summed E-state index contributed by atoms with van der Waals surface area (Å²) in [7, 11) is -4.21. The van der Waals surface area contributed by atoms with Crippen molar-refractivity contribution in [2.75, 3.05) is 19.8 Å². The molecule has 0 amide bonds. The predicted molar refractivity (Wildman–Crippen MR) is 105 cm³/mol. The van der Waals surface area contributed by atoms with Crippen LogP contribution in [0.25, 0.3) is 0 Å². The van der Waals surface area contributed by atoms with Crippen LogP contribution in [-0.4, -0.2) is 29.4 Å². The van der Waals surface area contributed by atoms with Crippen molar-refractivity contribution in [2.24, 2.45) is 0 Å². The second kappa shape index (κ2) is 11.8. The quantitative estimate of drug-likeness (QED) is 0.197. The van der Waals surface area contributed by atoms with E-state index in [2.05, 4.69) is 12.0 Å². The fourth-order valence-electron chi connectivity index (χ4n) is 2.23. The van der Waals surface area contributed by atoms with Crippen LogP contribution in [0, 0.1) is 0 Å². The van der Waals surface area contributed by atoms with Gasteiger partial charge in [-0.3, -0.25) is 8.37 Å². The topological polar surface area (TPSA) is 111 Å². The second-order valence-corrected chi connectivity index (χ2v) is 9.28. The summed E-state index contributed by atoms with van der Waals surface area (Å²) < 4.78 is 44.8. The molecule has 10 nitrogen and oxygen atoms in total. The number of nitrogens with zero attached hydrogens (tertiary/aromatic N) is 2. The van der Waals surface area contributed by atoms with Crippen LogP contribution in [-0.2, 0) is 31.2 Å². The smallest absolute Gasteiger partial charge is 0.389 e. The van der Waals surface area contributed by atoms with Crippen molar-refractivity contribution >= 4 is 32.4 Å². The first-order valence-electron chi connectivity index (χ1n) is 9.32. The van der Waals surface area contributed by atoms with E-state index in [1.807, 2.05) is 0 Å². The maximum absolute atomic E-state index is 13.0. The molecule has 0 aromatic carbocycles. The molecular formula is C15H27N2O8PS2. The van der Waals surface area contributed by atoms with Crippen LogP contribution >= 0.6 is 32.4 Å². The first kappa shape index (κ1) is 23.9. The Morgan fingerprint density at radius 3 is 2.29 bits per heavy atom. The zero-order valence-corrected chi connectivity index (χ0v) is 18.8. The third kappa shape index (κ3) is 6.60. The number of ether oxygens (including phenoxy) is 1. The van der Waals surface area contributed by atoms with Crippen LogP contribution in [0.2, 0.25) is 0 Å². The van der Waals surface area contributed by atoms with Gasteiger partial charge in [-0.15, -0.1) is 5.10 Å². The van der Waals surface area contributed by atoms with Crippen molar-refractivity contribution in [2.45, 2.75) is 64.9 Å². The molecule has 0 aliphatic heterocycles. The van der Waals surface area contributed by atoms with Gasteiger partial charge in [0.25, 0.3) is 5.89 Å². The number of rotatable bonds is 16. The SMILES string of the molecule is CCCCCCOC1(c2nn(P(=O)(OSOCC)OSOCC)c(=O)o2)CC1. The van der Waals surface area contributed by atoms with Crippen LogP contribution in [0.5, 0.6) is 0 Å². The van der Waals surface area contributed by atoms with E-state index in [4.69, 9.17) is 25.5 Å². The van der Waals surface area contributed by atoms with E-state index in [1.165, 1.54) is 0 Å². The van der Waals surface area contributed by atoms with Gasteiger partial charge in [0.15, 0.2) is 24.6 Å². The van der Waals surface area contributed by atoms with E-state index in [-0.39, 0.29) is 5.89 Å². The van der Waals surface area contributed by atoms with Crippen LogP contribution in [0.3, 0.4) is 0 Å². The molecule has 1 aromatic rings. The van der Waals surface area contributed by atoms with Gasteiger partial charge in [-0.05, 0) is 33.1 Å². The van der Waals surface area contributed by atoms with Gasteiger partial charge in [0.1, 0.15) is 5.60 Å². The Hall–Kier alpha value is -0.330. The summed E-state index contributed by atoms with van der Waals surface area (Å²) in [6.45, 7) is 6.75. The molecule has 0 bridgehead atoms. The van der Waals surface area contributed by atoms with Gasteiger partial charge in [-0.2, -0.15) is 7.94 Å². The zero-order valence-electron chi connectivity index (χ0n) is 16.3. The third-order valence-corrected chi connectivity index (χ3v) is 7.19. The van der Waals surface area contributed by atoms with Crippen molar-refractivity contribution in [3.05, 3.63) is 16.4 Å². The van der Waals surface area contributed by atoms with Crippen molar-refractivity contribution in [3.63, 3.8) is 0 Å². The first-order valence-corrected chi connectivity index (χ1v) is 12.2. The maximum Gasteiger partial charge on any atom is 0.487 e. The molecule has 1 heterocycles. The highest BCUT2D eigenvalue weighted by Gasteiger charge is 2.52. The third-order valence-electron chi connectivity index (χ3n) is 3.82. The van der Waals surface area contributed by atoms with Crippen LogP contribution in [0.15, 0.2) is 9.21 Å². The normalized spacial score (nSPS) is 15.8. The minimum absolute atomic E-state index is 0.0724. The van der Waals surface area contributed by atoms with Gasteiger partial charge in [0, 0.05) is 6.61 Å². The summed E-state index contributed by atoms with van der Waals surface area (Å²) in [5, 5.41) is 4.05. The van der Waals surface area contributed by atoms with Gasteiger partial charge < -0.3 is 9.15 Å². The fraction of sp³-hybridized carbons (Fsp3) is 0.867. The lowest BCUT2D eigenvalue weighted by atomic mass is 10.2. The number of unbranched alkanes of at least 4 members (excludes halogenated alkanes) is 3. The molecule has 0 N–H and O–H groups in total. The molecule has 1 aliphatic carbocycles. The monoisotopic (exact) mass is 458 g/mol. The van der Waals surface area contributed by atoms with E-state index in [1.54, 1.807) is 13.8 Å². The number of hydrogen-bond acceptors (Lipinski definition) is 11. The Kier molecular flexibility index (Phi) is 10.1. The van der Waals surface area contributed by atoms with Gasteiger partial charge in [-0.1, -0.05) is 30.6 Å². The Morgan fingerprint density at radius 2 is 1.75 bits per heavy atom. The highest BCUT2D eigenvalue weighted by atomic mass is 32.2. The van der Waals surface area contributed by atoms with E-state index < -0.39 is 19.1 Å². The summed E-state index contributed by atoms with van der Waals surface area (Å²) in [4.78, 5) is 12.3. The van der Waals surface area contributed by atoms with Crippen molar-refractivity contribution < 1.29 is 30.0 Å². The van der Waals surface area contributed by atoms with Gasteiger partial charge in [-0.25, -0.2) is 9.36 Å². The molecular weight excluding hydrogens is 431 g/mol. The standard InChI is InChI=1S/C15H27N2O8PS2/c1-4-7-8-9-12-20-15(10-11-15)13-16-17(14(18)23-13)26(19,24-27-21-5-2)25-28-22-6-3/h4-12H2,1-3H3. The molecule has 0 radical (unpaired) electrons. The highest BCUT2D eigenvalue weighted by molar-refractivity contribution is 7.97. The molecule has 162 valence electrons. The Bertz CT molecular complexity index is 680. The molecule has 28 heavy (non-hydrogen) atoms. The average molecular weight is 458 g/mol. The van der Waals surface area contributed by atoms with Crippen LogP contribution in [0.1, 0.15) is 65.2 Å². The lowest BCUT2D eigenvalue weighted by molar-refractivity contribution is 0.00801. The lowest BCUT2D eigenvalue weighted by Gasteiger charge is -2.14. The molecule has 13 heteroatoms. The summed E-state index contributed by atoms with van der Waals surface area (Å²) in [6, 6.07) is 0. The summed E-state index contributed by atoms with van der Waals surface area (Å²) >= 11 is 0.892. The minimum Gasteiger partial charge on any atom is -0.389 e. The second-order valence-electron chi connectivity index (χ2n) is 6.03. The van der Waals surface area contributed by atoms with Crippen LogP contribution in [0.4, 0.5) is 0 Å². The molecule has 1 fully saturated rings. The van der Waals surface area contributed by atoms with Gasteiger partial charge in [0.2, 0.25) is 0 Å². The zero-order chi connectivity index (χ0) is 20.5. The van der Waals surface area contributed by atoms with E-state index >= 15 is 0 Å². The number of aromatic nitrogens is 2. The van der Waals surface area contributed by atoms with Gasteiger partial charge in [0.05, 0.1) is 13.2 Å². The average Bonchev–Trinajstić information content (AvgIpc) is 3.35. The van der Waals surface area contributed by atoms with E-state index in [0.717, 1.165) is 25.7 Å². The molecule has 2 rings (SSSR count). The van der Waals surface area contributed by atoms with Crippen molar-refractivity contribution in [3.8, 4) is 0 Å². The summed E-state index contributed by atoms with van der Waals surface area (Å²) in [5.74, 6) is -0.892. The molecule has 0 spiro atoms. The summed E-state index contributed by atoms with van der Waals surface area (Å²) in [5.41, 5.74) is -0.748. The Morgan fingerprint density at radius 1 is 1.11 bits per heavy atom. The molecule has 0 atom stereocenters. The Labute approximate surface area is 173 Å². The summed E-state index contributed by atoms with van der Waals surface area (Å²) in [6.07, 6.45) is 5.63. The van der Waals surface area contributed by atoms with Crippen molar-refractivity contribution in [1.29, 1.82) is 0 Å². The largest absolute Gasteiger partial charge is 0.487 e. The van der Waals surface area contributed by atoms with Gasteiger partial charge >= 0.3 is 13.5 Å². The van der Waals surface area contributed by atoms with Crippen molar-refractivity contribution in [1.82, 2.24) is 9.55 Å². The highest BCUT2D eigenvalue weighted by Crippen LogP contribution is 2.55. The molecule has 0 unspecified atom stereocenters. The number of hydrogen-bond donors (Lipinski definition) is 0. The van der Waals surface area contributed by atoms with E-state index in [9.17, 15) is 9.36 Å². The van der Waals surface area contributed by atoms with E-state index in [0.29, 0.717) is 61.8 Å². The molecule has 0 saturated heterocycles. The lowest BCUT2D eigenvalue weighted by Crippen LogP contribution is -2.16. The maximum atomic E-state index is 13.0. The minimum atomic E-state index is -4.21. The predicted octanol–water partition coefficient (Wildman–Crippen LogP) is 4.61. The first-order chi connectivity index (χ1) is 13.5. The Balaban J connectivity index is 2.10. The van der Waals surface area contributed by atoms with Crippen LogP contribution < -0.4 is 5.76 Å². The molecule has 1 aromatic heterocycles. The fourth-order valence-corrected chi connectivity index (χ4v) is 4.64. The molecule has 1 aliphatic rings. The molecule has 1 saturated carbocycles.